The van der Waals surface area contributed by atoms with Gasteiger partial charge < -0.3 is 15.6 Å². The lowest BCUT2D eigenvalue weighted by atomic mass is 10.1. The van der Waals surface area contributed by atoms with Crippen LogP contribution < -0.4 is 10.5 Å². The Hall–Kier alpha value is -1.84. The van der Waals surface area contributed by atoms with Gasteiger partial charge in [-0.1, -0.05) is 48.5 Å². The standard InChI is InChI=1S/C16H19NO2/c1-12-6-5-9-14(10-17)16(12)19-11-15(18)13-7-3-2-4-8-13/h2-9,15,18H,10-11,17H2,1H3. The maximum absolute atomic E-state index is 10.1. The zero-order valence-corrected chi connectivity index (χ0v) is 11.0. The molecule has 0 spiro atoms. The second kappa shape index (κ2) is 6.36. The molecule has 0 radical (unpaired) electrons. The first kappa shape index (κ1) is 13.6. The lowest BCUT2D eigenvalue weighted by molar-refractivity contribution is 0.107. The fourth-order valence-electron chi connectivity index (χ4n) is 2.01. The van der Waals surface area contributed by atoms with Crippen molar-refractivity contribution >= 4 is 0 Å². The molecule has 0 aliphatic heterocycles. The van der Waals surface area contributed by atoms with Gasteiger partial charge in [0.2, 0.25) is 0 Å². The Balaban J connectivity index is 2.07. The van der Waals surface area contributed by atoms with Crippen molar-refractivity contribution in [3.8, 4) is 5.75 Å². The van der Waals surface area contributed by atoms with Gasteiger partial charge >= 0.3 is 0 Å². The summed E-state index contributed by atoms with van der Waals surface area (Å²) in [6.45, 7) is 2.63. The zero-order valence-electron chi connectivity index (χ0n) is 11.0. The Labute approximate surface area is 113 Å². The molecule has 0 saturated carbocycles. The molecular formula is C16H19NO2. The summed E-state index contributed by atoms with van der Waals surface area (Å²) < 4.78 is 5.75. The molecule has 2 aromatic rings. The van der Waals surface area contributed by atoms with Crippen molar-refractivity contribution < 1.29 is 9.84 Å². The first-order valence-corrected chi connectivity index (χ1v) is 6.36. The second-order valence-corrected chi connectivity index (χ2v) is 4.50. The van der Waals surface area contributed by atoms with Crippen LogP contribution in [0.25, 0.3) is 0 Å². The Morgan fingerprint density at radius 3 is 2.53 bits per heavy atom. The van der Waals surface area contributed by atoms with E-state index in [-0.39, 0.29) is 6.61 Å². The van der Waals surface area contributed by atoms with Gasteiger partial charge in [-0.15, -0.1) is 0 Å². The van der Waals surface area contributed by atoms with Crippen molar-refractivity contribution in [3.05, 3.63) is 65.2 Å². The van der Waals surface area contributed by atoms with Gasteiger partial charge in [0.25, 0.3) is 0 Å². The molecule has 0 aliphatic rings. The summed E-state index contributed by atoms with van der Waals surface area (Å²) in [5.41, 5.74) is 8.54. The highest BCUT2D eigenvalue weighted by molar-refractivity contribution is 5.40. The summed E-state index contributed by atoms with van der Waals surface area (Å²) in [7, 11) is 0. The normalized spacial score (nSPS) is 12.2. The first-order valence-electron chi connectivity index (χ1n) is 6.36. The maximum atomic E-state index is 10.1. The number of hydrogen-bond donors (Lipinski definition) is 2. The molecule has 3 heteroatoms. The van der Waals surface area contributed by atoms with Crippen molar-refractivity contribution in [1.82, 2.24) is 0 Å². The van der Waals surface area contributed by atoms with Crippen LogP contribution in [0.5, 0.6) is 5.75 Å². The van der Waals surface area contributed by atoms with E-state index in [0.29, 0.717) is 6.54 Å². The number of benzene rings is 2. The molecule has 0 bridgehead atoms. The van der Waals surface area contributed by atoms with Crippen LogP contribution in [0.1, 0.15) is 22.8 Å². The minimum absolute atomic E-state index is 0.224. The van der Waals surface area contributed by atoms with E-state index in [1.807, 2.05) is 55.5 Å². The Morgan fingerprint density at radius 2 is 1.84 bits per heavy atom. The van der Waals surface area contributed by atoms with E-state index in [0.717, 1.165) is 22.4 Å². The number of nitrogens with two attached hydrogens (primary N) is 1. The molecule has 0 aromatic heterocycles. The molecule has 3 N–H and O–H groups in total. The monoisotopic (exact) mass is 257 g/mol. The third kappa shape index (κ3) is 3.34. The van der Waals surface area contributed by atoms with Crippen LogP contribution in [0.15, 0.2) is 48.5 Å². The minimum Gasteiger partial charge on any atom is -0.490 e. The summed E-state index contributed by atoms with van der Waals surface area (Å²) in [5.74, 6) is 0.778. The summed E-state index contributed by atoms with van der Waals surface area (Å²) >= 11 is 0. The van der Waals surface area contributed by atoms with E-state index in [1.54, 1.807) is 0 Å². The molecule has 1 unspecified atom stereocenters. The molecular weight excluding hydrogens is 238 g/mol. The molecule has 2 aromatic carbocycles. The molecule has 100 valence electrons. The van der Waals surface area contributed by atoms with Crippen LogP contribution in [0.2, 0.25) is 0 Å². The van der Waals surface area contributed by atoms with Crippen LogP contribution in [-0.2, 0) is 6.54 Å². The van der Waals surface area contributed by atoms with Crippen LogP contribution in [0.4, 0.5) is 0 Å². The second-order valence-electron chi connectivity index (χ2n) is 4.50. The van der Waals surface area contributed by atoms with E-state index in [4.69, 9.17) is 10.5 Å². The highest BCUT2D eigenvalue weighted by Crippen LogP contribution is 2.24. The predicted octanol–water partition coefficient (Wildman–Crippen LogP) is 2.57. The molecule has 0 amide bonds. The van der Waals surface area contributed by atoms with Crippen molar-refractivity contribution in [1.29, 1.82) is 0 Å². The van der Waals surface area contributed by atoms with Gasteiger partial charge in [0.05, 0.1) is 0 Å². The van der Waals surface area contributed by atoms with E-state index in [1.165, 1.54) is 0 Å². The van der Waals surface area contributed by atoms with Crippen molar-refractivity contribution in [3.63, 3.8) is 0 Å². The van der Waals surface area contributed by atoms with Gasteiger partial charge in [0.15, 0.2) is 0 Å². The number of aliphatic hydroxyl groups excluding tert-OH is 1. The van der Waals surface area contributed by atoms with Gasteiger partial charge in [-0.2, -0.15) is 0 Å². The molecule has 0 aliphatic carbocycles. The van der Waals surface area contributed by atoms with Gasteiger partial charge in [0, 0.05) is 12.1 Å². The molecule has 3 nitrogen and oxygen atoms in total. The molecule has 0 fully saturated rings. The summed E-state index contributed by atoms with van der Waals surface area (Å²) in [6.07, 6.45) is -0.633. The molecule has 1 atom stereocenters. The zero-order chi connectivity index (χ0) is 13.7. The summed E-state index contributed by atoms with van der Waals surface area (Å²) in [6, 6.07) is 15.4. The van der Waals surface area contributed by atoms with Crippen LogP contribution >= 0.6 is 0 Å². The van der Waals surface area contributed by atoms with Crippen molar-refractivity contribution in [2.45, 2.75) is 19.6 Å². The van der Waals surface area contributed by atoms with Crippen LogP contribution in [0, 0.1) is 6.92 Å². The van der Waals surface area contributed by atoms with E-state index in [2.05, 4.69) is 0 Å². The summed E-state index contributed by atoms with van der Waals surface area (Å²) in [4.78, 5) is 0. The van der Waals surface area contributed by atoms with Gasteiger partial charge in [-0.25, -0.2) is 0 Å². The number of ether oxygens (including phenoxy) is 1. The number of para-hydroxylation sites is 1. The van der Waals surface area contributed by atoms with Gasteiger partial charge in [0.1, 0.15) is 18.5 Å². The van der Waals surface area contributed by atoms with Gasteiger partial charge in [-0.3, -0.25) is 0 Å². The summed E-state index contributed by atoms with van der Waals surface area (Å²) in [5, 5.41) is 10.1. The van der Waals surface area contributed by atoms with Crippen molar-refractivity contribution in [2.75, 3.05) is 6.61 Å². The Bertz CT molecular complexity index is 526. The topological polar surface area (TPSA) is 55.5 Å². The highest BCUT2D eigenvalue weighted by Gasteiger charge is 2.11. The lowest BCUT2D eigenvalue weighted by Crippen LogP contribution is -2.12. The molecule has 19 heavy (non-hydrogen) atoms. The largest absolute Gasteiger partial charge is 0.490 e. The fourth-order valence-corrected chi connectivity index (χ4v) is 2.01. The number of rotatable bonds is 5. The average Bonchev–Trinajstić information content (AvgIpc) is 2.46. The SMILES string of the molecule is Cc1cccc(CN)c1OCC(O)c1ccccc1. The number of aryl methyl sites for hydroxylation is 1. The lowest BCUT2D eigenvalue weighted by Gasteiger charge is -2.16. The average molecular weight is 257 g/mol. The first-order chi connectivity index (χ1) is 9.22. The fraction of sp³-hybridized carbons (Fsp3) is 0.250. The third-order valence-corrected chi connectivity index (χ3v) is 3.08. The number of hydrogen-bond acceptors (Lipinski definition) is 3. The third-order valence-electron chi connectivity index (χ3n) is 3.08. The molecule has 0 heterocycles. The predicted molar refractivity (Wildman–Crippen MR) is 76.0 cm³/mol. The van der Waals surface area contributed by atoms with E-state index >= 15 is 0 Å². The quantitative estimate of drug-likeness (QED) is 0.865. The maximum Gasteiger partial charge on any atom is 0.126 e. The van der Waals surface area contributed by atoms with E-state index in [9.17, 15) is 5.11 Å². The van der Waals surface area contributed by atoms with Crippen molar-refractivity contribution in [2.24, 2.45) is 5.73 Å². The Kier molecular flexibility index (Phi) is 4.55. The smallest absolute Gasteiger partial charge is 0.126 e. The molecule has 2 rings (SSSR count). The molecule has 0 saturated heterocycles. The van der Waals surface area contributed by atoms with Gasteiger partial charge in [-0.05, 0) is 18.1 Å². The Morgan fingerprint density at radius 1 is 1.11 bits per heavy atom. The minimum atomic E-state index is -0.633. The van der Waals surface area contributed by atoms with E-state index < -0.39 is 6.10 Å². The number of aliphatic hydroxyl groups is 1. The van der Waals surface area contributed by atoms with Crippen LogP contribution in [0.3, 0.4) is 0 Å². The van der Waals surface area contributed by atoms with Crippen LogP contribution in [-0.4, -0.2) is 11.7 Å². The highest BCUT2D eigenvalue weighted by atomic mass is 16.5.